The summed E-state index contributed by atoms with van der Waals surface area (Å²) in [5, 5.41) is 7.31. The van der Waals surface area contributed by atoms with Crippen molar-refractivity contribution in [3.8, 4) is 10.6 Å². The van der Waals surface area contributed by atoms with Gasteiger partial charge in [-0.15, -0.1) is 11.3 Å². The summed E-state index contributed by atoms with van der Waals surface area (Å²) in [6, 6.07) is 7.55. The molecule has 0 saturated carbocycles. The summed E-state index contributed by atoms with van der Waals surface area (Å²) in [6.07, 6.45) is -0.0396. The lowest BCUT2D eigenvalue weighted by Gasteiger charge is -2.20. The average Bonchev–Trinajstić information content (AvgIpc) is 3.06. The lowest BCUT2D eigenvalue weighted by molar-refractivity contribution is -0.147. The van der Waals surface area contributed by atoms with Crippen molar-refractivity contribution in [3.05, 3.63) is 40.9 Å². The van der Waals surface area contributed by atoms with Crippen LogP contribution in [0.2, 0.25) is 0 Å². The number of hydrogen-bond acceptors (Lipinski definition) is 6. The van der Waals surface area contributed by atoms with E-state index in [1.165, 1.54) is 16.9 Å². The second-order valence-corrected chi connectivity index (χ2v) is 8.87. The molecule has 0 atom stereocenters. The first kappa shape index (κ1) is 22.5. The van der Waals surface area contributed by atoms with Crippen LogP contribution < -0.4 is 10.6 Å². The van der Waals surface area contributed by atoms with E-state index < -0.39 is 30.1 Å². The van der Waals surface area contributed by atoms with Crippen molar-refractivity contribution < 1.29 is 19.1 Å². The Hall–Kier alpha value is -2.74. The number of carbonyl (C=O) groups excluding carboxylic acids is 3. The topological polar surface area (TPSA) is 97.4 Å². The predicted molar refractivity (Wildman–Crippen MR) is 113 cm³/mol. The highest BCUT2D eigenvalue weighted by Crippen LogP contribution is 2.26. The molecule has 0 aliphatic carbocycles. The monoisotopic (exact) mass is 417 g/mol. The van der Waals surface area contributed by atoms with E-state index in [0.29, 0.717) is 11.6 Å². The number of aromatic nitrogens is 1. The van der Waals surface area contributed by atoms with Crippen molar-refractivity contribution in [1.29, 1.82) is 0 Å². The van der Waals surface area contributed by atoms with Crippen molar-refractivity contribution in [2.24, 2.45) is 0 Å². The summed E-state index contributed by atoms with van der Waals surface area (Å²) in [5.74, 6) is -0.810. The number of thiazole rings is 1. The molecule has 1 aromatic heterocycles. The zero-order chi connectivity index (χ0) is 21.6. The number of amides is 3. The number of esters is 1. The Bertz CT molecular complexity index is 867. The number of rotatable bonds is 6. The average molecular weight is 418 g/mol. The molecule has 0 saturated heterocycles. The summed E-state index contributed by atoms with van der Waals surface area (Å²) >= 11 is 1.45. The maximum absolute atomic E-state index is 12.0. The van der Waals surface area contributed by atoms with Crippen molar-refractivity contribution in [2.45, 2.75) is 52.5 Å². The molecule has 0 unspecified atom stereocenters. The molecule has 0 aliphatic heterocycles. The van der Waals surface area contributed by atoms with Crippen LogP contribution in [0.3, 0.4) is 0 Å². The zero-order valence-electron chi connectivity index (χ0n) is 17.4. The highest BCUT2D eigenvalue weighted by atomic mass is 32.1. The Morgan fingerprint density at radius 2 is 1.79 bits per heavy atom. The lowest BCUT2D eigenvalue weighted by atomic mass is 10.0. The van der Waals surface area contributed by atoms with Gasteiger partial charge in [-0.3, -0.25) is 14.9 Å². The van der Waals surface area contributed by atoms with Gasteiger partial charge in [-0.1, -0.05) is 38.1 Å². The highest BCUT2D eigenvalue weighted by molar-refractivity contribution is 7.13. The number of ether oxygens (including phenoxy) is 1. The minimum absolute atomic E-state index is 0.0396. The molecule has 2 rings (SSSR count). The van der Waals surface area contributed by atoms with E-state index in [4.69, 9.17) is 4.74 Å². The largest absolute Gasteiger partial charge is 0.455 e. The molecule has 0 fully saturated rings. The van der Waals surface area contributed by atoms with Crippen molar-refractivity contribution in [1.82, 2.24) is 15.6 Å². The lowest BCUT2D eigenvalue weighted by Crippen LogP contribution is -2.49. The van der Waals surface area contributed by atoms with Gasteiger partial charge < -0.3 is 10.1 Å². The Balaban J connectivity index is 1.82. The maximum Gasteiger partial charge on any atom is 0.321 e. The molecule has 156 valence electrons. The Morgan fingerprint density at radius 3 is 2.38 bits per heavy atom. The van der Waals surface area contributed by atoms with Gasteiger partial charge >= 0.3 is 12.0 Å². The fraction of sp³-hybridized carbons (Fsp3) is 0.429. The number of nitrogens with one attached hydrogen (secondary N) is 2. The molecule has 1 heterocycles. The number of urea groups is 1. The molecule has 1 aromatic carbocycles. The summed E-state index contributed by atoms with van der Waals surface area (Å²) in [4.78, 5) is 39.7. The second-order valence-electron chi connectivity index (χ2n) is 8.01. The SMILES string of the molecule is CC(C)c1ccc(-c2nc(CC(=O)OCC(=O)NC(=O)NC(C)(C)C)cs2)cc1. The van der Waals surface area contributed by atoms with Crippen LogP contribution in [-0.4, -0.2) is 35.0 Å². The van der Waals surface area contributed by atoms with Gasteiger partial charge in [-0.05, 0) is 32.3 Å². The van der Waals surface area contributed by atoms with Crippen molar-refractivity contribution >= 4 is 29.2 Å². The zero-order valence-corrected chi connectivity index (χ0v) is 18.2. The molecule has 3 amide bonds. The molecule has 29 heavy (non-hydrogen) atoms. The first-order valence-corrected chi connectivity index (χ1v) is 10.2. The molecular weight excluding hydrogens is 390 g/mol. The number of carbonyl (C=O) groups is 3. The molecule has 0 bridgehead atoms. The van der Waals surface area contributed by atoms with Crippen LogP contribution in [0.5, 0.6) is 0 Å². The first-order chi connectivity index (χ1) is 13.5. The van der Waals surface area contributed by atoms with E-state index >= 15 is 0 Å². The third-order valence-electron chi connectivity index (χ3n) is 3.81. The summed E-state index contributed by atoms with van der Waals surface area (Å²) in [5.41, 5.74) is 2.35. The van der Waals surface area contributed by atoms with Crippen LogP contribution in [0.4, 0.5) is 4.79 Å². The van der Waals surface area contributed by atoms with Crippen molar-refractivity contribution in [2.75, 3.05) is 6.61 Å². The molecule has 0 aliphatic rings. The predicted octanol–water partition coefficient (Wildman–Crippen LogP) is 3.64. The Morgan fingerprint density at radius 1 is 1.14 bits per heavy atom. The van der Waals surface area contributed by atoms with Gasteiger partial charge in [-0.25, -0.2) is 9.78 Å². The first-order valence-electron chi connectivity index (χ1n) is 9.36. The van der Waals surface area contributed by atoms with Crippen LogP contribution >= 0.6 is 11.3 Å². The van der Waals surface area contributed by atoms with E-state index in [0.717, 1.165) is 10.6 Å². The van der Waals surface area contributed by atoms with Crippen molar-refractivity contribution in [3.63, 3.8) is 0 Å². The third-order valence-corrected chi connectivity index (χ3v) is 4.75. The van der Waals surface area contributed by atoms with Crippen LogP contribution in [0.1, 0.15) is 51.8 Å². The van der Waals surface area contributed by atoms with E-state index in [9.17, 15) is 14.4 Å². The highest BCUT2D eigenvalue weighted by Gasteiger charge is 2.17. The van der Waals surface area contributed by atoms with Gasteiger partial charge in [-0.2, -0.15) is 0 Å². The fourth-order valence-electron chi connectivity index (χ4n) is 2.41. The maximum atomic E-state index is 12.0. The number of imide groups is 1. The van der Waals surface area contributed by atoms with E-state index in [-0.39, 0.29) is 6.42 Å². The van der Waals surface area contributed by atoms with Crippen LogP contribution in [0.25, 0.3) is 10.6 Å². The molecule has 8 heteroatoms. The molecule has 0 spiro atoms. The standard InChI is InChI=1S/C21H27N3O4S/c1-13(2)14-6-8-15(9-7-14)19-22-16(12-29-19)10-18(26)28-11-17(25)23-20(27)24-21(3,4)5/h6-9,12-13H,10-11H2,1-5H3,(H2,23,24,25,27). The molecular formula is C21H27N3O4S. The quantitative estimate of drug-likeness (QED) is 0.700. The molecule has 2 aromatic rings. The van der Waals surface area contributed by atoms with Crippen LogP contribution in [0.15, 0.2) is 29.6 Å². The number of benzene rings is 1. The Kier molecular flexibility index (Phi) is 7.50. The minimum Gasteiger partial charge on any atom is -0.455 e. The van der Waals surface area contributed by atoms with Gasteiger partial charge in [0.25, 0.3) is 5.91 Å². The van der Waals surface area contributed by atoms with Crippen LogP contribution in [-0.2, 0) is 20.7 Å². The minimum atomic E-state index is -0.690. The second kappa shape index (κ2) is 9.65. The fourth-order valence-corrected chi connectivity index (χ4v) is 3.24. The third kappa shape index (κ3) is 7.65. The molecule has 7 nitrogen and oxygen atoms in total. The van der Waals surface area contributed by atoms with Crippen LogP contribution in [0, 0.1) is 0 Å². The summed E-state index contributed by atoms with van der Waals surface area (Å²) < 4.78 is 4.93. The van der Waals surface area contributed by atoms with E-state index in [2.05, 4.69) is 41.6 Å². The number of hydrogen-bond donors (Lipinski definition) is 2. The number of nitrogens with zero attached hydrogens (tertiary/aromatic N) is 1. The molecule has 0 radical (unpaired) electrons. The van der Waals surface area contributed by atoms with E-state index in [1.807, 2.05) is 12.1 Å². The Labute approximate surface area is 174 Å². The molecule has 2 N–H and O–H groups in total. The van der Waals surface area contributed by atoms with Gasteiger partial charge in [0.05, 0.1) is 12.1 Å². The van der Waals surface area contributed by atoms with E-state index in [1.54, 1.807) is 26.2 Å². The van der Waals surface area contributed by atoms with Gasteiger partial charge in [0, 0.05) is 16.5 Å². The normalized spacial score (nSPS) is 11.2. The summed E-state index contributed by atoms with van der Waals surface area (Å²) in [6.45, 7) is 9.12. The summed E-state index contributed by atoms with van der Waals surface area (Å²) in [7, 11) is 0. The van der Waals surface area contributed by atoms with Gasteiger partial charge in [0.2, 0.25) is 0 Å². The van der Waals surface area contributed by atoms with Gasteiger partial charge in [0.15, 0.2) is 6.61 Å². The van der Waals surface area contributed by atoms with Gasteiger partial charge in [0.1, 0.15) is 5.01 Å². The smallest absolute Gasteiger partial charge is 0.321 e.